The van der Waals surface area contributed by atoms with Gasteiger partial charge in [-0.05, 0) is 53.5 Å². The van der Waals surface area contributed by atoms with E-state index in [-0.39, 0.29) is 0 Å². The van der Waals surface area contributed by atoms with E-state index in [9.17, 15) is 0 Å². The maximum Gasteiger partial charge on any atom is 0.139 e. The van der Waals surface area contributed by atoms with Crippen molar-refractivity contribution in [2.24, 2.45) is 5.92 Å². The molecule has 0 saturated heterocycles. The van der Waals surface area contributed by atoms with E-state index in [1.807, 2.05) is 6.20 Å². The van der Waals surface area contributed by atoms with Crippen molar-refractivity contribution in [2.45, 2.75) is 32.2 Å². The predicted molar refractivity (Wildman–Crippen MR) is 82.3 cm³/mol. The lowest BCUT2D eigenvalue weighted by Crippen LogP contribution is -2.07. The molecule has 3 rings (SSSR count). The Labute approximate surface area is 122 Å². The Kier molecular flexibility index (Phi) is 3.68. The van der Waals surface area contributed by atoms with Gasteiger partial charge < -0.3 is 4.57 Å². The minimum Gasteiger partial charge on any atom is -0.331 e. The zero-order chi connectivity index (χ0) is 12.4. The molecular weight excluding hydrogens is 335 g/mol. The topological polar surface area (TPSA) is 17.8 Å². The molecule has 2 aromatic rings. The van der Waals surface area contributed by atoms with E-state index < -0.39 is 0 Å². The van der Waals surface area contributed by atoms with Crippen LogP contribution in [-0.2, 0) is 6.54 Å². The number of imidazole rings is 1. The van der Waals surface area contributed by atoms with Crippen LogP contribution in [-0.4, -0.2) is 9.55 Å². The van der Waals surface area contributed by atoms with Crippen LogP contribution < -0.4 is 0 Å². The van der Waals surface area contributed by atoms with E-state index >= 15 is 0 Å². The summed E-state index contributed by atoms with van der Waals surface area (Å²) in [4.78, 5) is 4.52. The third-order valence-electron chi connectivity index (χ3n) is 3.75. The molecule has 0 N–H and O–H groups in total. The molecule has 0 radical (unpaired) electrons. The molecule has 1 aromatic heterocycles. The van der Waals surface area contributed by atoms with Crippen molar-refractivity contribution in [1.82, 2.24) is 9.55 Å². The second-order valence-corrected chi connectivity index (χ2v) is 6.31. The standard InChI is InChI=1S/C15H17IN2/c16-14-7-5-13(6-8-14)15-17-9-10-18(15)11-12-3-1-2-4-12/h5-10,12H,1-4,11H2. The molecule has 0 atom stereocenters. The molecule has 94 valence electrons. The highest BCUT2D eigenvalue weighted by Crippen LogP contribution is 2.28. The first kappa shape index (κ1) is 12.2. The fraction of sp³-hybridized carbons (Fsp3) is 0.400. The maximum atomic E-state index is 4.52. The molecule has 0 unspecified atom stereocenters. The first-order valence-corrected chi connectivity index (χ1v) is 7.68. The van der Waals surface area contributed by atoms with E-state index in [0.29, 0.717) is 0 Å². The van der Waals surface area contributed by atoms with Crippen LogP contribution in [0.5, 0.6) is 0 Å². The van der Waals surface area contributed by atoms with Crippen molar-refractivity contribution in [3.05, 3.63) is 40.2 Å². The molecule has 1 fully saturated rings. The molecule has 0 spiro atoms. The molecule has 2 nitrogen and oxygen atoms in total. The van der Waals surface area contributed by atoms with Gasteiger partial charge in [0.1, 0.15) is 5.82 Å². The molecule has 0 bridgehead atoms. The highest BCUT2D eigenvalue weighted by Gasteiger charge is 2.17. The Morgan fingerprint density at radius 3 is 2.61 bits per heavy atom. The SMILES string of the molecule is Ic1ccc(-c2nccn2CC2CCCC2)cc1. The quantitative estimate of drug-likeness (QED) is 0.752. The van der Waals surface area contributed by atoms with Gasteiger partial charge in [-0.3, -0.25) is 0 Å². The summed E-state index contributed by atoms with van der Waals surface area (Å²) in [6.45, 7) is 1.13. The van der Waals surface area contributed by atoms with E-state index in [1.165, 1.54) is 34.8 Å². The Morgan fingerprint density at radius 2 is 1.89 bits per heavy atom. The summed E-state index contributed by atoms with van der Waals surface area (Å²) in [6, 6.07) is 8.61. The molecule has 1 aliphatic carbocycles. The lowest BCUT2D eigenvalue weighted by Gasteiger charge is -2.13. The highest BCUT2D eigenvalue weighted by molar-refractivity contribution is 14.1. The number of rotatable bonds is 3. The average molecular weight is 352 g/mol. The van der Waals surface area contributed by atoms with Gasteiger partial charge in [0.25, 0.3) is 0 Å². The summed E-state index contributed by atoms with van der Waals surface area (Å²) in [6.07, 6.45) is 9.60. The Balaban J connectivity index is 1.84. The molecule has 0 amide bonds. The molecule has 18 heavy (non-hydrogen) atoms. The van der Waals surface area contributed by atoms with Crippen LogP contribution in [0.15, 0.2) is 36.7 Å². The molecular formula is C15H17IN2. The number of benzene rings is 1. The van der Waals surface area contributed by atoms with E-state index in [2.05, 4.69) is 62.6 Å². The minimum atomic E-state index is 0.849. The maximum absolute atomic E-state index is 4.52. The van der Waals surface area contributed by atoms with Crippen molar-refractivity contribution in [1.29, 1.82) is 0 Å². The largest absolute Gasteiger partial charge is 0.331 e. The van der Waals surface area contributed by atoms with Crippen LogP contribution in [0.4, 0.5) is 0 Å². The van der Waals surface area contributed by atoms with Crippen molar-refractivity contribution in [3.8, 4) is 11.4 Å². The third-order valence-corrected chi connectivity index (χ3v) is 4.47. The summed E-state index contributed by atoms with van der Waals surface area (Å²) >= 11 is 2.34. The number of hydrogen-bond acceptors (Lipinski definition) is 1. The first-order valence-electron chi connectivity index (χ1n) is 6.60. The summed E-state index contributed by atoms with van der Waals surface area (Å²) in [7, 11) is 0. The van der Waals surface area contributed by atoms with Gasteiger partial charge in [0, 0.05) is 28.1 Å². The van der Waals surface area contributed by atoms with Gasteiger partial charge in [-0.2, -0.15) is 0 Å². The highest BCUT2D eigenvalue weighted by atomic mass is 127. The minimum absolute atomic E-state index is 0.849. The van der Waals surface area contributed by atoms with Gasteiger partial charge in [-0.25, -0.2) is 4.98 Å². The normalized spacial score (nSPS) is 16.3. The van der Waals surface area contributed by atoms with Gasteiger partial charge in [0.2, 0.25) is 0 Å². The van der Waals surface area contributed by atoms with Crippen LogP contribution in [0.2, 0.25) is 0 Å². The number of aromatic nitrogens is 2. The Hall–Kier alpha value is -0.840. The smallest absolute Gasteiger partial charge is 0.139 e. The zero-order valence-corrected chi connectivity index (χ0v) is 12.5. The second kappa shape index (κ2) is 5.43. The number of nitrogens with zero attached hydrogens (tertiary/aromatic N) is 2. The fourth-order valence-electron chi connectivity index (χ4n) is 2.79. The van der Waals surface area contributed by atoms with E-state index in [1.54, 1.807) is 0 Å². The van der Waals surface area contributed by atoms with Crippen molar-refractivity contribution < 1.29 is 0 Å². The zero-order valence-electron chi connectivity index (χ0n) is 10.3. The van der Waals surface area contributed by atoms with Crippen molar-refractivity contribution >= 4 is 22.6 Å². The molecule has 1 heterocycles. The third kappa shape index (κ3) is 2.60. The van der Waals surface area contributed by atoms with E-state index in [0.717, 1.165) is 18.3 Å². The van der Waals surface area contributed by atoms with Crippen LogP contribution in [0, 0.1) is 9.49 Å². The van der Waals surface area contributed by atoms with Gasteiger partial charge in [-0.15, -0.1) is 0 Å². The van der Waals surface area contributed by atoms with Crippen molar-refractivity contribution in [2.75, 3.05) is 0 Å². The first-order chi connectivity index (χ1) is 8.83. The number of halogens is 1. The monoisotopic (exact) mass is 352 g/mol. The molecule has 1 aliphatic rings. The van der Waals surface area contributed by atoms with Gasteiger partial charge >= 0.3 is 0 Å². The summed E-state index contributed by atoms with van der Waals surface area (Å²) in [5.74, 6) is 1.96. The van der Waals surface area contributed by atoms with Crippen LogP contribution in [0.1, 0.15) is 25.7 Å². The summed E-state index contributed by atoms with van der Waals surface area (Å²) < 4.78 is 3.59. The Morgan fingerprint density at radius 1 is 1.17 bits per heavy atom. The Bertz CT molecular complexity index is 510. The van der Waals surface area contributed by atoms with Gasteiger partial charge in [-0.1, -0.05) is 25.0 Å². The fourth-order valence-corrected chi connectivity index (χ4v) is 3.15. The molecule has 1 saturated carbocycles. The van der Waals surface area contributed by atoms with Crippen LogP contribution >= 0.6 is 22.6 Å². The molecule has 1 aromatic carbocycles. The molecule has 3 heteroatoms. The van der Waals surface area contributed by atoms with Gasteiger partial charge in [0.05, 0.1) is 0 Å². The second-order valence-electron chi connectivity index (χ2n) is 5.06. The summed E-state index contributed by atoms with van der Waals surface area (Å²) in [5.41, 5.74) is 1.22. The summed E-state index contributed by atoms with van der Waals surface area (Å²) in [5, 5.41) is 0. The van der Waals surface area contributed by atoms with Crippen LogP contribution in [0.25, 0.3) is 11.4 Å². The average Bonchev–Trinajstić information content (AvgIpc) is 3.02. The molecule has 0 aliphatic heterocycles. The van der Waals surface area contributed by atoms with E-state index in [4.69, 9.17) is 0 Å². The lowest BCUT2D eigenvalue weighted by molar-refractivity contribution is 0.460. The van der Waals surface area contributed by atoms with Gasteiger partial charge in [0.15, 0.2) is 0 Å². The number of hydrogen-bond donors (Lipinski definition) is 0. The lowest BCUT2D eigenvalue weighted by atomic mass is 10.1. The van der Waals surface area contributed by atoms with Crippen molar-refractivity contribution in [3.63, 3.8) is 0 Å². The predicted octanol–water partition coefficient (Wildman–Crippen LogP) is 4.34. The van der Waals surface area contributed by atoms with Crippen LogP contribution in [0.3, 0.4) is 0 Å².